The van der Waals surface area contributed by atoms with Crippen molar-refractivity contribution in [2.45, 2.75) is 31.9 Å². The molecule has 1 aromatic heterocycles. The first kappa shape index (κ1) is 18.7. The Hall–Kier alpha value is -2.06. The lowest BCUT2D eigenvalue weighted by atomic mass is 10.1. The molecule has 0 saturated heterocycles. The van der Waals surface area contributed by atoms with Crippen molar-refractivity contribution in [1.29, 1.82) is 0 Å². The molecule has 0 spiro atoms. The van der Waals surface area contributed by atoms with Crippen molar-refractivity contribution >= 4 is 17.5 Å². The maximum Gasteiger partial charge on any atom is 0.416 e. The molecular weight excluding hydrogens is 369 g/mol. The third-order valence-corrected chi connectivity index (χ3v) is 4.63. The number of nitrogens with zero attached hydrogens (tertiary/aromatic N) is 2. The third-order valence-electron chi connectivity index (χ3n) is 4.31. The second-order valence-electron chi connectivity index (χ2n) is 6.10. The predicted octanol–water partition coefficient (Wildman–Crippen LogP) is 3.11. The van der Waals surface area contributed by atoms with Gasteiger partial charge in [-0.15, -0.1) is 0 Å². The van der Waals surface area contributed by atoms with Crippen molar-refractivity contribution in [1.82, 2.24) is 15.1 Å². The summed E-state index contributed by atoms with van der Waals surface area (Å²) in [5.74, 6) is -0.349. The van der Waals surface area contributed by atoms with Crippen molar-refractivity contribution in [2.24, 2.45) is 5.73 Å². The fraction of sp³-hybridized carbons (Fsp3) is 0.412. The van der Waals surface area contributed by atoms with E-state index in [1.165, 1.54) is 10.7 Å². The van der Waals surface area contributed by atoms with Gasteiger partial charge in [0.2, 0.25) is 0 Å². The predicted molar refractivity (Wildman–Crippen MR) is 91.6 cm³/mol. The van der Waals surface area contributed by atoms with E-state index in [1.54, 1.807) is 0 Å². The highest BCUT2D eigenvalue weighted by molar-refractivity contribution is 6.32. The molecule has 0 saturated carbocycles. The molecule has 0 unspecified atom stereocenters. The molecule has 1 aromatic carbocycles. The zero-order valence-electron chi connectivity index (χ0n) is 13.9. The molecule has 0 radical (unpaired) electrons. The number of halogens is 4. The minimum atomic E-state index is -4.49. The van der Waals surface area contributed by atoms with Crippen molar-refractivity contribution < 1.29 is 18.0 Å². The zero-order valence-corrected chi connectivity index (χ0v) is 14.6. The van der Waals surface area contributed by atoms with Crippen molar-refractivity contribution in [3.05, 3.63) is 45.7 Å². The lowest BCUT2D eigenvalue weighted by Crippen LogP contribution is -2.27. The van der Waals surface area contributed by atoms with E-state index in [2.05, 4.69) is 10.4 Å². The van der Waals surface area contributed by atoms with Crippen molar-refractivity contribution in [2.75, 3.05) is 13.1 Å². The largest absolute Gasteiger partial charge is 0.416 e. The molecule has 5 nitrogen and oxygen atoms in total. The number of aromatic nitrogens is 2. The molecule has 3 rings (SSSR count). The number of carbonyl (C=O) groups is 1. The van der Waals surface area contributed by atoms with Crippen molar-refractivity contribution in [3.63, 3.8) is 0 Å². The van der Waals surface area contributed by atoms with Gasteiger partial charge in [0.1, 0.15) is 0 Å². The number of fused-ring (bicyclic) bond motifs is 1. The minimum absolute atomic E-state index is 0.126. The molecule has 9 heteroatoms. The Bertz CT molecular complexity index is 832. The van der Waals surface area contributed by atoms with Crippen LogP contribution in [0.5, 0.6) is 0 Å². The van der Waals surface area contributed by atoms with E-state index in [4.69, 9.17) is 17.3 Å². The summed E-state index contributed by atoms with van der Waals surface area (Å²) in [7, 11) is 0. The van der Waals surface area contributed by atoms with E-state index >= 15 is 0 Å². The van der Waals surface area contributed by atoms with E-state index in [9.17, 15) is 18.0 Å². The van der Waals surface area contributed by atoms with E-state index < -0.39 is 11.7 Å². The van der Waals surface area contributed by atoms with Crippen LogP contribution in [0.3, 0.4) is 0 Å². The van der Waals surface area contributed by atoms with Crippen LogP contribution in [-0.2, 0) is 19.0 Å². The average molecular weight is 387 g/mol. The van der Waals surface area contributed by atoms with Crippen LogP contribution in [0.1, 0.15) is 40.2 Å². The Balaban J connectivity index is 2.02. The quantitative estimate of drug-likeness (QED) is 0.775. The molecule has 3 N–H and O–H groups in total. The van der Waals surface area contributed by atoms with Crippen LogP contribution in [0.25, 0.3) is 5.69 Å². The summed E-state index contributed by atoms with van der Waals surface area (Å²) in [5.41, 5.74) is 6.46. The van der Waals surface area contributed by atoms with Gasteiger partial charge in [0, 0.05) is 17.8 Å². The number of nitrogens with one attached hydrogen (secondary N) is 1. The highest BCUT2D eigenvalue weighted by Crippen LogP contribution is 2.35. The van der Waals surface area contributed by atoms with Gasteiger partial charge in [0.05, 0.1) is 16.3 Å². The number of rotatable bonds is 5. The molecule has 0 aliphatic heterocycles. The Morgan fingerprint density at radius 1 is 1.35 bits per heavy atom. The van der Waals surface area contributed by atoms with Gasteiger partial charge >= 0.3 is 6.18 Å². The van der Waals surface area contributed by atoms with Gasteiger partial charge < -0.3 is 11.1 Å². The molecule has 0 atom stereocenters. The van der Waals surface area contributed by atoms with Gasteiger partial charge in [-0.3, -0.25) is 4.79 Å². The molecule has 2 aromatic rings. The molecule has 1 amide bonds. The number of alkyl halides is 3. The van der Waals surface area contributed by atoms with E-state index in [-0.39, 0.29) is 22.3 Å². The highest BCUT2D eigenvalue weighted by atomic mass is 35.5. The lowest BCUT2D eigenvalue weighted by molar-refractivity contribution is -0.137. The third kappa shape index (κ3) is 3.57. The molecule has 1 aliphatic carbocycles. The number of amides is 1. The summed E-state index contributed by atoms with van der Waals surface area (Å²) in [6, 6.07) is 3.09. The van der Waals surface area contributed by atoms with Crippen LogP contribution < -0.4 is 11.1 Å². The van der Waals surface area contributed by atoms with Crippen molar-refractivity contribution in [3.8, 4) is 5.69 Å². The smallest absolute Gasteiger partial charge is 0.351 e. The Labute approximate surface area is 153 Å². The van der Waals surface area contributed by atoms with Crippen LogP contribution >= 0.6 is 11.6 Å². The molecule has 1 heterocycles. The Morgan fingerprint density at radius 3 is 2.81 bits per heavy atom. The van der Waals surface area contributed by atoms with Gasteiger partial charge in [0.25, 0.3) is 5.91 Å². The summed E-state index contributed by atoms with van der Waals surface area (Å²) in [6.07, 6.45) is -1.75. The molecule has 1 aliphatic rings. The van der Waals surface area contributed by atoms with Gasteiger partial charge in [-0.05, 0) is 50.4 Å². The maximum absolute atomic E-state index is 13.0. The highest BCUT2D eigenvalue weighted by Gasteiger charge is 2.32. The SMILES string of the molecule is NCCCNC(=O)c1nn(-c2cc(C(F)(F)F)ccc2Cl)c2c1CCC2. The van der Waals surface area contributed by atoms with Crippen LogP contribution in [0, 0.1) is 0 Å². The minimum Gasteiger partial charge on any atom is -0.351 e. The van der Waals surface area contributed by atoms with Gasteiger partial charge in [-0.1, -0.05) is 11.6 Å². The maximum atomic E-state index is 13.0. The zero-order chi connectivity index (χ0) is 18.9. The fourth-order valence-corrected chi connectivity index (χ4v) is 3.26. The fourth-order valence-electron chi connectivity index (χ4n) is 3.06. The molecule has 0 bridgehead atoms. The number of benzene rings is 1. The van der Waals surface area contributed by atoms with Crippen LogP contribution in [-0.4, -0.2) is 28.8 Å². The molecule has 26 heavy (non-hydrogen) atoms. The Morgan fingerprint density at radius 2 is 2.12 bits per heavy atom. The lowest BCUT2D eigenvalue weighted by Gasteiger charge is -2.12. The number of hydrogen-bond donors (Lipinski definition) is 2. The topological polar surface area (TPSA) is 72.9 Å². The van der Waals surface area contributed by atoms with Crippen LogP contribution in [0.15, 0.2) is 18.2 Å². The van der Waals surface area contributed by atoms with Gasteiger partial charge in [-0.25, -0.2) is 4.68 Å². The van der Waals surface area contributed by atoms with E-state index in [1.807, 2.05) is 0 Å². The Kier molecular flexibility index (Phi) is 5.24. The summed E-state index contributed by atoms with van der Waals surface area (Å²) < 4.78 is 40.5. The first-order valence-electron chi connectivity index (χ1n) is 8.29. The second-order valence-corrected chi connectivity index (χ2v) is 6.51. The summed E-state index contributed by atoms with van der Waals surface area (Å²) in [4.78, 5) is 12.4. The molecule has 0 fully saturated rings. The number of nitrogens with two attached hydrogens (primary N) is 1. The normalized spacial score (nSPS) is 13.7. The standard InChI is InChI=1S/C17H18ClF3N4O/c18-12-6-5-10(17(19,20)21)9-14(12)25-13-4-1-3-11(13)15(24-25)16(26)23-8-2-7-22/h5-6,9H,1-4,7-8,22H2,(H,23,26). The van der Waals surface area contributed by atoms with E-state index in [0.29, 0.717) is 32.4 Å². The molecule has 140 valence electrons. The van der Waals surface area contributed by atoms with E-state index in [0.717, 1.165) is 29.8 Å². The monoisotopic (exact) mass is 386 g/mol. The first-order chi connectivity index (χ1) is 12.3. The summed E-state index contributed by atoms with van der Waals surface area (Å²) in [5, 5.41) is 7.17. The molecular formula is C17H18ClF3N4O. The average Bonchev–Trinajstić information content (AvgIpc) is 3.17. The second kappa shape index (κ2) is 7.28. The van der Waals surface area contributed by atoms with Gasteiger partial charge in [0.15, 0.2) is 5.69 Å². The summed E-state index contributed by atoms with van der Waals surface area (Å²) >= 11 is 6.13. The van der Waals surface area contributed by atoms with Crippen LogP contribution in [0.4, 0.5) is 13.2 Å². The van der Waals surface area contributed by atoms with Crippen LogP contribution in [0.2, 0.25) is 5.02 Å². The first-order valence-corrected chi connectivity index (χ1v) is 8.67. The summed E-state index contributed by atoms with van der Waals surface area (Å²) in [6.45, 7) is 0.869. The van der Waals surface area contributed by atoms with Gasteiger partial charge in [-0.2, -0.15) is 18.3 Å². The number of carbonyl (C=O) groups excluding carboxylic acids is 1. The number of hydrogen-bond acceptors (Lipinski definition) is 3.